The molecule has 0 radical (unpaired) electrons. The molecule has 3 aliphatic rings. The second-order valence-electron chi connectivity index (χ2n) is 3.77. The Hall–Kier alpha value is -0.570. The largest absolute Gasteiger partial charge is 0.391 e. The van der Waals surface area contributed by atoms with Crippen molar-refractivity contribution >= 4 is 5.91 Å². The van der Waals surface area contributed by atoms with Crippen molar-refractivity contribution in [3.8, 4) is 0 Å². The molecule has 0 aromatic rings. The monoisotopic (exact) mass is 169 g/mol. The standard InChI is InChI=1S/C9H15NO2/c1-2-10-7-4-3-6(9(10)12)5-8(7)11/h6-8,11H,2-5H2,1H3. The van der Waals surface area contributed by atoms with E-state index in [1.54, 1.807) is 0 Å². The van der Waals surface area contributed by atoms with Gasteiger partial charge in [0.25, 0.3) is 0 Å². The van der Waals surface area contributed by atoms with Crippen molar-refractivity contribution in [2.45, 2.75) is 38.3 Å². The molecule has 1 N–H and O–H groups in total. The molecule has 1 amide bonds. The molecule has 2 saturated heterocycles. The molecule has 68 valence electrons. The summed E-state index contributed by atoms with van der Waals surface area (Å²) in [7, 11) is 0. The number of amides is 1. The maximum absolute atomic E-state index is 11.6. The third-order valence-corrected chi connectivity index (χ3v) is 3.15. The molecule has 2 heterocycles. The van der Waals surface area contributed by atoms with Crippen LogP contribution in [0, 0.1) is 5.92 Å². The van der Waals surface area contributed by atoms with Gasteiger partial charge in [-0.2, -0.15) is 0 Å². The van der Waals surface area contributed by atoms with Crippen molar-refractivity contribution in [2.24, 2.45) is 5.92 Å². The van der Waals surface area contributed by atoms with Gasteiger partial charge in [-0.15, -0.1) is 0 Å². The molecule has 0 spiro atoms. The van der Waals surface area contributed by atoms with E-state index in [2.05, 4.69) is 0 Å². The van der Waals surface area contributed by atoms with Gasteiger partial charge in [-0.05, 0) is 26.2 Å². The molecule has 3 nitrogen and oxygen atoms in total. The Labute approximate surface area is 72.4 Å². The summed E-state index contributed by atoms with van der Waals surface area (Å²) >= 11 is 0. The molecule has 1 saturated carbocycles. The van der Waals surface area contributed by atoms with Crippen LogP contribution in [0.1, 0.15) is 26.2 Å². The summed E-state index contributed by atoms with van der Waals surface area (Å²) in [6.07, 6.45) is 2.41. The Morgan fingerprint density at radius 3 is 2.83 bits per heavy atom. The van der Waals surface area contributed by atoms with Crippen LogP contribution in [-0.4, -0.2) is 34.6 Å². The minimum absolute atomic E-state index is 0.116. The molecule has 2 aliphatic heterocycles. The average molecular weight is 169 g/mol. The molecule has 0 aromatic carbocycles. The van der Waals surface area contributed by atoms with Crippen molar-refractivity contribution < 1.29 is 9.90 Å². The second kappa shape index (κ2) is 2.73. The lowest BCUT2D eigenvalue weighted by Crippen LogP contribution is -2.58. The van der Waals surface area contributed by atoms with E-state index in [1.165, 1.54) is 0 Å². The van der Waals surface area contributed by atoms with Crippen LogP contribution in [0.15, 0.2) is 0 Å². The molecule has 1 aliphatic carbocycles. The third kappa shape index (κ3) is 0.959. The van der Waals surface area contributed by atoms with Gasteiger partial charge in [0.2, 0.25) is 5.91 Å². The topological polar surface area (TPSA) is 40.5 Å². The van der Waals surface area contributed by atoms with Crippen molar-refractivity contribution in [3.63, 3.8) is 0 Å². The van der Waals surface area contributed by atoms with Crippen LogP contribution in [-0.2, 0) is 4.79 Å². The molecule has 3 rings (SSSR count). The summed E-state index contributed by atoms with van der Waals surface area (Å²) in [6.45, 7) is 2.72. The summed E-state index contributed by atoms with van der Waals surface area (Å²) < 4.78 is 0. The fraction of sp³-hybridized carbons (Fsp3) is 0.889. The maximum Gasteiger partial charge on any atom is 0.226 e. The van der Waals surface area contributed by atoms with E-state index >= 15 is 0 Å². The van der Waals surface area contributed by atoms with Crippen LogP contribution in [0.25, 0.3) is 0 Å². The normalized spacial score (nSPS) is 40.7. The fourth-order valence-electron chi connectivity index (χ4n) is 2.51. The predicted octanol–water partition coefficient (Wildman–Crippen LogP) is 0.378. The van der Waals surface area contributed by atoms with Gasteiger partial charge in [0.05, 0.1) is 12.1 Å². The molecular formula is C9H15NO2. The van der Waals surface area contributed by atoms with Crippen molar-refractivity contribution in [1.82, 2.24) is 4.90 Å². The lowest BCUT2D eigenvalue weighted by molar-refractivity contribution is -0.155. The molecule has 3 atom stereocenters. The van der Waals surface area contributed by atoms with Gasteiger partial charge < -0.3 is 10.0 Å². The molecule has 12 heavy (non-hydrogen) atoms. The Kier molecular flexibility index (Phi) is 1.83. The van der Waals surface area contributed by atoms with Gasteiger partial charge in [0, 0.05) is 12.5 Å². The first-order valence-corrected chi connectivity index (χ1v) is 4.72. The zero-order valence-electron chi connectivity index (χ0n) is 7.36. The van der Waals surface area contributed by atoms with Crippen molar-refractivity contribution in [1.29, 1.82) is 0 Å². The number of rotatable bonds is 1. The van der Waals surface area contributed by atoms with Crippen LogP contribution >= 0.6 is 0 Å². The molecule has 3 fully saturated rings. The minimum Gasteiger partial charge on any atom is -0.391 e. The Morgan fingerprint density at radius 2 is 2.33 bits per heavy atom. The number of fused-ring (bicyclic) bond motifs is 3. The number of aliphatic hydroxyl groups is 1. The maximum atomic E-state index is 11.6. The van der Waals surface area contributed by atoms with Crippen LogP contribution < -0.4 is 0 Å². The van der Waals surface area contributed by atoms with Gasteiger partial charge in [-0.25, -0.2) is 0 Å². The number of aliphatic hydroxyl groups excluding tert-OH is 1. The van der Waals surface area contributed by atoms with Crippen LogP contribution in [0.5, 0.6) is 0 Å². The van der Waals surface area contributed by atoms with Gasteiger partial charge in [0.1, 0.15) is 0 Å². The van der Waals surface area contributed by atoms with E-state index in [-0.39, 0.29) is 24.0 Å². The molecular weight excluding hydrogens is 154 g/mol. The highest BCUT2D eigenvalue weighted by molar-refractivity contribution is 5.81. The summed E-state index contributed by atoms with van der Waals surface area (Å²) in [5.41, 5.74) is 0. The highest BCUT2D eigenvalue weighted by Gasteiger charge is 2.44. The smallest absolute Gasteiger partial charge is 0.226 e. The number of carbonyl (C=O) groups excluding carboxylic acids is 1. The number of hydrogen-bond donors (Lipinski definition) is 1. The van der Waals surface area contributed by atoms with Gasteiger partial charge in [-0.3, -0.25) is 4.79 Å². The third-order valence-electron chi connectivity index (χ3n) is 3.15. The van der Waals surface area contributed by atoms with Crippen molar-refractivity contribution in [2.75, 3.05) is 6.54 Å². The first kappa shape index (κ1) is 8.05. The quantitative estimate of drug-likeness (QED) is 0.616. The zero-order valence-corrected chi connectivity index (χ0v) is 7.36. The molecule has 0 aromatic heterocycles. The number of carbonyl (C=O) groups is 1. The summed E-state index contributed by atoms with van der Waals surface area (Å²) in [6, 6.07) is 0.118. The van der Waals surface area contributed by atoms with Crippen LogP contribution in [0.2, 0.25) is 0 Å². The summed E-state index contributed by atoms with van der Waals surface area (Å²) in [5, 5.41) is 9.62. The van der Waals surface area contributed by atoms with Crippen molar-refractivity contribution in [3.05, 3.63) is 0 Å². The first-order chi connectivity index (χ1) is 5.74. The number of likely N-dealkylation sites (N-methyl/N-ethyl adjacent to an activating group) is 1. The molecule has 3 unspecified atom stereocenters. The molecule has 3 heteroatoms. The van der Waals surface area contributed by atoms with Gasteiger partial charge >= 0.3 is 0 Å². The van der Waals surface area contributed by atoms with E-state index < -0.39 is 0 Å². The minimum atomic E-state index is -0.263. The lowest BCUT2D eigenvalue weighted by Gasteiger charge is -2.47. The van der Waals surface area contributed by atoms with E-state index in [0.717, 1.165) is 19.4 Å². The number of piperidine rings is 2. The van der Waals surface area contributed by atoms with E-state index in [9.17, 15) is 9.90 Å². The van der Waals surface area contributed by atoms with E-state index in [4.69, 9.17) is 0 Å². The highest BCUT2D eigenvalue weighted by atomic mass is 16.3. The number of hydrogen-bond acceptors (Lipinski definition) is 2. The average Bonchev–Trinajstić information content (AvgIpc) is 2.07. The van der Waals surface area contributed by atoms with Crippen LogP contribution in [0.3, 0.4) is 0 Å². The summed E-state index contributed by atoms with van der Waals surface area (Å²) in [4.78, 5) is 13.4. The van der Waals surface area contributed by atoms with Gasteiger partial charge in [0.15, 0.2) is 0 Å². The first-order valence-electron chi connectivity index (χ1n) is 4.72. The van der Waals surface area contributed by atoms with E-state index in [1.807, 2.05) is 11.8 Å². The lowest BCUT2D eigenvalue weighted by atomic mass is 9.77. The number of nitrogens with zero attached hydrogens (tertiary/aromatic N) is 1. The highest BCUT2D eigenvalue weighted by Crippen LogP contribution is 2.35. The fourth-order valence-corrected chi connectivity index (χ4v) is 2.51. The Balaban J connectivity index is 2.20. The summed E-state index contributed by atoms with van der Waals surface area (Å²) in [5.74, 6) is 0.379. The second-order valence-corrected chi connectivity index (χ2v) is 3.77. The van der Waals surface area contributed by atoms with E-state index in [0.29, 0.717) is 6.42 Å². The molecule has 2 bridgehead atoms. The van der Waals surface area contributed by atoms with Crippen LogP contribution in [0.4, 0.5) is 0 Å². The Bertz CT molecular complexity index is 205. The SMILES string of the molecule is CCN1C(=O)C2CCC1C(O)C2. The van der Waals surface area contributed by atoms with Gasteiger partial charge in [-0.1, -0.05) is 0 Å². The predicted molar refractivity (Wildman–Crippen MR) is 44.5 cm³/mol. The Morgan fingerprint density at radius 1 is 1.58 bits per heavy atom. The zero-order chi connectivity index (χ0) is 8.72.